The van der Waals surface area contributed by atoms with Crippen molar-refractivity contribution in [3.8, 4) is 23.0 Å². The minimum atomic E-state index is -0.192. The maximum atomic E-state index is 10.8. The highest BCUT2D eigenvalue weighted by atomic mass is 16.5. The molecule has 2 aromatic rings. The standard InChI is InChI=1S/C33H52N2O4.C27H40O4/c1-25(11-7-13-28(23-36)24-37)9-6-10-26(2)12-8-15-33(4)16-14-29-30(22-35-19-17-34(5)18-20-35)31(38)21-27(3)32(29)39-33;1-20(10-6-12-23(18-28)19-29)8-5-9-21(2)11-7-14-27(4)15-13-24-17-25(30)16-22(3)26(24)31-27/h9,12-13,21,36-38H,6-8,10-11,14-20,22-24H2,1-5H3;8,11-12,16-17,28-30H,5-7,9-10,13-15,18-19H2,1-4H3/b25-9+,26-12+;20-8+,21-11+/t33-;27-/m11/s1. The molecule has 6 N–H and O–H groups in total. The topological polar surface area (TPSA) is 146 Å². The van der Waals surface area contributed by atoms with E-state index in [0.29, 0.717) is 22.6 Å². The maximum absolute atomic E-state index is 10.8. The van der Waals surface area contributed by atoms with Crippen molar-refractivity contribution in [1.82, 2.24) is 9.80 Å². The average Bonchev–Trinajstić information content (AvgIpc) is 3.32. The summed E-state index contributed by atoms with van der Waals surface area (Å²) in [6, 6.07) is 5.50. The van der Waals surface area contributed by atoms with Crippen LogP contribution < -0.4 is 9.47 Å². The molecule has 3 aliphatic heterocycles. The lowest BCUT2D eigenvalue weighted by Gasteiger charge is -2.39. The molecule has 10 nitrogen and oxygen atoms in total. The third-order valence-corrected chi connectivity index (χ3v) is 14.6. The van der Waals surface area contributed by atoms with Gasteiger partial charge in [0.25, 0.3) is 0 Å². The largest absolute Gasteiger partial charge is 0.508 e. The highest BCUT2D eigenvalue weighted by Gasteiger charge is 2.35. The summed E-state index contributed by atoms with van der Waals surface area (Å²) in [6.45, 7) is 21.9. The van der Waals surface area contributed by atoms with Crippen molar-refractivity contribution in [2.45, 2.75) is 176 Å². The van der Waals surface area contributed by atoms with Crippen LogP contribution in [0.2, 0.25) is 0 Å². The molecule has 10 heteroatoms. The minimum Gasteiger partial charge on any atom is -0.508 e. The monoisotopic (exact) mass is 969 g/mol. The zero-order chi connectivity index (χ0) is 51.3. The number of likely N-dealkylation sites (N-methyl/N-ethyl adjacent to an activating group) is 1. The van der Waals surface area contributed by atoms with Crippen molar-refractivity contribution in [2.24, 2.45) is 0 Å². The highest BCUT2D eigenvalue weighted by Crippen LogP contribution is 2.44. The molecule has 2 aromatic carbocycles. The number of aliphatic hydroxyl groups excluding tert-OH is 4. The van der Waals surface area contributed by atoms with Gasteiger partial charge in [0.05, 0.1) is 26.4 Å². The van der Waals surface area contributed by atoms with Gasteiger partial charge in [0.1, 0.15) is 34.2 Å². The van der Waals surface area contributed by atoms with Crippen molar-refractivity contribution in [2.75, 3.05) is 59.7 Å². The Hall–Kier alpha value is -4.16. The zero-order valence-corrected chi connectivity index (χ0v) is 44.8. The Morgan fingerprint density at radius 3 is 1.49 bits per heavy atom. The summed E-state index contributed by atoms with van der Waals surface area (Å²) < 4.78 is 13.1. The van der Waals surface area contributed by atoms with Gasteiger partial charge in [-0.25, -0.2) is 0 Å². The molecule has 390 valence electrons. The Labute approximate surface area is 422 Å². The van der Waals surface area contributed by atoms with Crippen LogP contribution in [0.5, 0.6) is 23.0 Å². The molecule has 1 fully saturated rings. The van der Waals surface area contributed by atoms with Crippen LogP contribution in [0.1, 0.15) is 159 Å². The van der Waals surface area contributed by atoms with Gasteiger partial charge >= 0.3 is 0 Å². The van der Waals surface area contributed by atoms with Gasteiger partial charge in [-0.1, -0.05) is 58.7 Å². The third-order valence-electron chi connectivity index (χ3n) is 14.6. The van der Waals surface area contributed by atoms with Crippen LogP contribution in [0, 0.1) is 13.8 Å². The molecule has 0 saturated carbocycles. The second-order valence-corrected chi connectivity index (χ2v) is 21.2. The summed E-state index contributed by atoms with van der Waals surface area (Å²) in [6.07, 6.45) is 28.8. The smallest absolute Gasteiger partial charge is 0.126 e. The number of rotatable bonds is 24. The van der Waals surface area contributed by atoms with Crippen LogP contribution in [0.25, 0.3) is 0 Å². The maximum Gasteiger partial charge on any atom is 0.126 e. The summed E-state index contributed by atoms with van der Waals surface area (Å²) in [4.78, 5) is 4.81. The molecule has 3 heterocycles. The second-order valence-electron chi connectivity index (χ2n) is 21.2. The van der Waals surface area contributed by atoms with Crippen molar-refractivity contribution in [3.63, 3.8) is 0 Å². The predicted molar refractivity (Wildman–Crippen MR) is 288 cm³/mol. The molecule has 3 aliphatic rings. The highest BCUT2D eigenvalue weighted by molar-refractivity contribution is 5.54. The molecule has 70 heavy (non-hydrogen) atoms. The van der Waals surface area contributed by atoms with Gasteiger partial charge in [-0.3, -0.25) is 4.90 Å². The van der Waals surface area contributed by atoms with E-state index in [9.17, 15) is 10.2 Å². The van der Waals surface area contributed by atoms with E-state index in [4.69, 9.17) is 29.9 Å². The van der Waals surface area contributed by atoms with Crippen LogP contribution in [0.3, 0.4) is 0 Å². The molecule has 0 radical (unpaired) electrons. The van der Waals surface area contributed by atoms with Crippen molar-refractivity contribution in [3.05, 3.63) is 116 Å². The molecule has 0 amide bonds. The van der Waals surface area contributed by atoms with Crippen LogP contribution in [-0.4, -0.2) is 111 Å². The van der Waals surface area contributed by atoms with Gasteiger partial charge in [-0.05, 0) is 211 Å². The number of allylic oxidation sites excluding steroid dienone is 10. The average molecular weight is 969 g/mol. The quantitative estimate of drug-likeness (QED) is 0.0562. The van der Waals surface area contributed by atoms with E-state index in [2.05, 4.69) is 89.6 Å². The number of hydrogen-bond acceptors (Lipinski definition) is 10. The van der Waals surface area contributed by atoms with Gasteiger partial charge < -0.3 is 45.0 Å². The van der Waals surface area contributed by atoms with Crippen molar-refractivity contribution < 1.29 is 40.1 Å². The number of fused-ring (bicyclic) bond motifs is 2. The SMILES string of the molecule is C/C(=C\CC/C(C)=C/CC[C@]1(C)CCc2c(CN3CCN(C)CC3)c(O)cc(C)c2O1)CCC=C(CO)CO.C/C(=C\CC/C(C)=C/CC[C@]1(C)CCc2cc(O)cc(C)c2O1)CCC=C(CO)CO. The Morgan fingerprint density at radius 1 is 0.571 bits per heavy atom. The number of aryl methyl sites for hydroxylation is 3. The van der Waals surface area contributed by atoms with Gasteiger partial charge in [0.2, 0.25) is 0 Å². The Kier molecular flexibility index (Phi) is 24.5. The van der Waals surface area contributed by atoms with Crippen LogP contribution in [0.15, 0.2) is 88.1 Å². The first-order chi connectivity index (χ1) is 33.4. The number of piperazine rings is 1. The van der Waals surface area contributed by atoms with Gasteiger partial charge in [-0.15, -0.1) is 0 Å². The summed E-state index contributed by atoms with van der Waals surface area (Å²) in [7, 11) is 2.17. The zero-order valence-electron chi connectivity index (χ0n) is 44.8. The van der Waals surface area contributed by atoms with E-state index >= 15 is 0 Å². The first kappa shape index (κ1) is 58.4. The van der Waals surface area contributed by atoms with E-state index in [0.717, 1.165) is 169 Å². The lowest BCUT2D eigenvalue weighted by molar-refractivity contribution is 0.0552. The number of aromatic hydroxyl groups is 2. The number of ether oxygens (including phenoxy) is 2. The molecule has 2 atom stereocenters. The molecule has 0 aromatic heterocycles. The van der Waals surface area contributed by atoms with Gasteiger partial charge in [-0.2, -0.15) is 0 Å². The molecular weight excluding hydrogens is 877 g/mol. The summed E-state index contributed by atoms with van der Waals surface area (Å²) in [5.74, 6) is 2.68. The third kappa shape index (κ3) is 19.5. The van der Waals surface area contributed by atoms with E-state index in [-0.39, 0.29) is 37.6 Å². The number of aliphatic hydroxyl groups is 4. The number of phenolic OH excluding ortho intramolecular Hbond substituents is 2. The Balaban J connectivity index is 0.000000313. The fourth-order valence-corrected chi connectivity index (χ4v) is 9.71. The van der Waals surface area contributed by atoms with Gasteiger partial charge in [0, 0.05) is 43.9 Å². The Bertz CT molecular complexity index is 2150. The molecule has 5 rings (SSSR count). The number of hydrogen-bond donors (Lipinski definition) is 6. The molecule has 0 unspecified atom stereocenters. The first-order valence-electron chi connectivity index (χ1n) is 26.3. The molecular formula is C60H92N2O8. The number of phenols is 2. The van der Waals surface area contributed by atoms with Gasteiger partial charge in [0.15, 0.2) is 0 Å². The molecule has 0 aliphatic carbocycles. The molecule has 0 bridgehead atoms. The fourth-order valence-electron chi connectivity index (χ4n) is 9.71. The van der Waals surface area contributed by atoms with Crippen LogP contribution in [0.4, 0.5) is 0 Å². The molecule has 0 spiro atoms. The first-order valence-corrected chi connectivity index (χ1v) is 26.3. The normalized spacial score (nSPS) is 20.1. The Morgan fingerprint density at radius 2 is 1.00 bits per heavy atom. The summed E-state index contributed by atoms with van der Waals surface area (Å²) in [5, 5.41) is 57.0. The minimum absolute atomic E-state index is 0.0664. The van der Waals surface area contributed by atoms with E-state index in [1.54, 1.807) is 6.07 Å². The van der Waals surface area contributed by atoms with E-state index in [1.807, 2.05) is 31.2 Å². The lowest BCUT2D eigenvalue weighted by atomic mass is 9.85. The summed E-state index contributed by atoms with van der Waals surface area (Å²) in [5.41, 5.74) is 12.0. The van der Waals surface area contributed by atoms with Crippen molar-refractivity contribution in [1.29, 1.82) is 0 Å². The fraction of sp³-hybridized carbons (Fsp3) is 0.600. The predicted octanol–water partition coefficient (Wildman–Crippen LogP) is 11.6. The number of benzene rings is 2. The van der Waals surface area contributed by atoms with E-state index < -0.39 is 0 Å². The summed E-state index contributed by atoms with van der Waals surface area (Å²) >= 11 is 0. The van der Waals surface area contributed by atoms with Crippen LogP contribution >= 0.6 is 0 Å². The molecule has 1 saturated heterocycles. The van der Waals surface area contributed by atoms with Crippen LogP contribution in [-0.2, 0) is 19.4 Å². The second kappa shape index (κ2) is 29.4. The van der Waals surface area contributed by atoms with Crippen molar-refractivity contribution >= 4 is 0 Å². The van der Waals surface area contributed by atoms with E-state index in [1.165, 1.54) is 27.9 Å². The number of nitrogens with zero attached hydrogens (tertiary/aromatic N) is 2. The lowest BCUT2D eigenvalue weighted by Crippen LogP contribution is -2.44.